The van der Waals surface area contributed by atoms with Crippen LogP contribution in [-0.2, 0) is 54.2 Å². The van der Waals surface area contributed by atoms with E-state index in [1.54, 1.807) is 5.20 Å². The molecule has 0 amide bonds. The molecule has 0 saturated heterocycles. The zero-order valence-corrected chi connectivity index (χ0v) is 43.6. The second kappa shape index (κ2) is 19.1. The van der Waals surface area contributed by atoms with Crippen molar-refractivity contribution >= 4 is 23.6 Å². The molecule has 0 saturated carbocycles. The van der Waals surface area contributed by atoms with E-state index in [-0.39, 0.29) is 91.4 Å². The van der Waals surface area contributed by atoms with Crippen molar-refractivity contribution in [3.05, 3.63) is 111 Å². The SMILES string of the molecule is CCCCC1=C([Si](c2cc(C(C)(C)C)cc(C(C)(C)C)c2)(c2cc(C(C)(C)C)cc(C(C)(C)C)c2)c2cc(C(C)(C)C)cc(C(C)(C)C)c2)CC=[C-]1.[Cl-].[Cl-].[Cl-].[Ti+4]. The third kappa shape index (κ3) is 12.0. The summed E-state index contributed by atoms with van der Waals surface area (Å²) >= 11 is 0. The van der Waals surface area contributed by atoms with Gasteiger partial charge in [0.15, 0.2) is 0 Å². The van der Waals surface area contributed by atoms with Crippen LogP contribution in [0.3, 0.4) is 0 Å². The minimum atomic E-state index is -2.98. The molecule has 308 valence electrons. The van der Waals surface area contributed by atoms with E-state index in [0.29, 0.717) is 0 Å². The molecule has 1 aliphatic rings. The van der Waals surface area contributed by atoms with E-state index in [0.717, 1.165) is 12.8 Å². The molecule has 0 aromatic heterocycles. The molecule has 0 atom stereocenters. The predicted octanol–water partition coefficient (Wildman–Crippen LogP) is 3.74. The normalized spacial score (nSPS) is 14.1. The summed E-state index contributed by atoms with van der Waals surface area (Å²) in [5.41, 5.74) is 10.1. The van der Waals surface area contributed by atoms with E-state index in [9.17, 15) is 0 Å². The molecule has 5 heteroatoms. The zero-order chi connectivity index (χ0) is 39.5. The van der Waals surface area contributed by atoms with Crippen molar-refractivity contribution in [3.8, 4) is 0 Å². The molecule has 0 nitrogen and oxygen atoms in total. The van der Waals surface area contributed by atoms with Crippen LogP contribution in [0.5, 0.6) is 0 Å². The number of rotatable bonds is 7. The minimum Gasteiger partial charge on any atom is -1.00 e. The average molecular weight is 870 g/mol. The molecule has 0 N–H and O–H groups in total. The largest absolute Gasteiger partial charge is 4.00 e. The number of allylic oxidation sites excluding steroid dienone is 4. The summed E-state index contributed by atoms with van der Waals surface area (Å²) in [5, 5.41) is 6.23. The fourth-order valence-corrected chi connectivity index (χ4v) is 12.9. The maximum Gasteiger partial charge on any atom is 4.00 e. The van der Waals surface area contributed by atoms with Crippen molar-refractivity contribution in [2.45, 2.75) is 190 Å². The van der Waals surface area contributed by atoms with Gasteiger partial charge in [-0.2, -0.15) is 6.08 Å². The summed E-state index contributed by atoms with van der Waals surface area (Å²) in [4.78, 5) is 0. The van der Waals surface area contributed by atoms with Gasteiger partial charge in [0.2, 0.25) is 0 Å². The number of benzene rings is 3. The monoisotopic (exact) mass is 868 g/mol. The van der Waals surface area contributed by atoms with Gasteiger partial charge in [-0.15, -0.1) is 0 Å². The van der Waals surface area contributed by atoms with Crippen molar-refractivity contribution < 1.29 is 58.9 Å². The summed E-state index contributed by atoms with van der Waals surface area (Å²) in [7, 11) is -2.98. The van der Waals surface area contributed by atoms with Gasteiger partial charge < -0.3 is 37.2 Å². The van der Waals surface area contributed by atoms with E-state index in [1.807, 2.05) is 0 Å². The summed E-state index contributed by atoms with van der Waals surface area (Å²) in [6, 6.07) is 23.5. The Morgan fingerprint density at radius 1 is 0.446 bits per heavy atom. The third-order valence-electron chi connectivity index (χ3n) is 11.5. The average Bonchev–Trinajstić information content (AvgIpc) is 3.46. The van der Waals surface area contributed by atoms with Crippen LogP contribution < -0.4 is 52.8 Å². The van der Waals surface area contributed by atoms with E-state index in [2.05, 4.69) is 198 Å². The van der Waals surface area contributed by atoms with E-state index >= 15 is 0 Å². The van der Waals surface area contributed by atoms with Crippen LogP contribution in [0.2, 0.25) is 0 Å². The van der Waals surface area contributed by atoms with Gasteiger partial charge in [-0.05, 0) is 65.9 Å². The number of hydrogen-bond acceptors (Lipinski definition) is 0. The van der Waals surface area contributed by atoms with Crippen molar-refractivity contribution in [2.24, 2.45) is 0 Å². The molecule has 56 heavy (non-hydrogen) atoms. The molecule has 0 radical (unpaired) electrons. The second-order valence-corrected chi connectivity index (χ2v) is 26.1. The molecule has 3 aromatic rings. The topological polar surface area (TPSA) is 0 Å². The first-order valence-electron chi connectivity index (χ1n) is 20.3. The summed E-state index contributed by atoms with van der Waals surface area (Å²) < 4.78 is 0. The van der Waals surface area contributed by atoms with Crippen LogP contribution in [0, 0.1) is 6.08 Å². The molecule has 0 spiro atoms. The summed E-state index contributed by atoms with van der Waals surface area (Å²) in [6.45, 7) is 45.5. The van der Waals surface area contributed by atoms with E-state index in [1.165, 1.54) is 67.4 Å². The fraction of sp³-hybridized carbons (Fsp3) is 0.569. The Morgan fingerprint density at radius 3 is 0.911 bits per heavy atom. The van der Waals surface area contributed by atoms with Gasteiger partial charge in [0, 0.05) is 0 Å². The predicted molar refractivity (Wildman–Crippen MR) is 235 cm³/mol. The first-order valence-corrected chi connectivity index (χ1v) is 22.3. The van der Waals surface area contributed by atoms with E-state index < -0.39 is 8.07 Å². The first kappa shape index (κ1) is 54.9. The molecule has 0 bridgehead atoms. The minimum absolute atomic E-state index is 0. The van der Waals surface area contributed by atoms with Gasteiger partial charge in [-0.1, -0.05) is 227 Å². The van der Waals surface area contributed by atoms with Crippen LogP contribution in [0.4, 0.5) is 0 Å². The van der Waals surface area contributed by atoms with E-state index in [4.69, 9.17) is 0 Å². The molecule has 0 heterocycles. The molecule has 1 aliphatic carbocycles. The van der Waals surface area contributed by atoms with Crippen molar-refractivity contribution in [1.82, 2.24) is 0 Å². The second-order valence-electron chi connectivity index (χ2n) is 22.3. The van der Waals surface area contributed by atoms with Gasteiger partial charge in [0.05, 0.1) is 8.07 Å². The fourth-order valence-electron chi connectivity index (χ4n) is 7.60. The summed E-state index contributed by atoms with van der Waals surface area (Å²) in [6.07, 6.45) is 10.7. The molecule has 0 aliphatic heterocycles. The molecule has 4 rings (SSSR count). The molecule has 0 fully saturated rings. The molecular formula is C51H75Cl3SiTi. The van der Waals surface area contributed by atoms with Gasteiger partial charge >= 0.3 is 21.7 Å². The Labute approximate surface area is 380 Å². The van der Waals surface area contributed by atoms with Crippen LogP contribution >= 0.6 is 0 Å². The maximum atomic E-state index is 3.91. The van der Waals surface area contributed by atoms with Crippen molar-refractivity contribution in [1.29, 1.82) is 0 Å². The molecule has 0 unspecified atom stereocenters. The zero-order valence-electron chi connectivity index (χ0n) is 38.7. The first-order chi connectivity index (χ1) is 23.5. The van der Waals surface area contributed by atoms with Gasteiger partial charge in [-0.3, -0.25) is 6.08 Å². The molecular weight excluding hydrogens is 795 g/mol. The van der Waals surface area contributed by atoms with Crippen LogP contribution in [-0.4, -0.2) is 8.07 Å². The maximum absolute atomic E-state index is 3.91. The Morgan fingerprint density at radius 2 is 0.696 bits per heavy atom. The van der Waals surface area contributed by atoms with Gasteiger partial charge in [-0.25, -0.2) is 10.8 Å². The van der Waals surface area contributed by atoms with Gasteiger partial charge in [0.1, 0.15) is 0 Å². The van der Waals surface area contributed by atoms with Gasteiger partial charge in [0.25, 0.3) is 0 Å². The molecule has 3 aromatic carbocycles. The summed E-state index contributed by atoms with van der Waals surface area (Å²) in [5.74, 6) is 0. The van der Waals surface area contributed by atoms with Crippen LogP contribution in [0.15, 0.2) is 71.4 Å². The Balaban J connectivity index is 0.00000756. The number of hydrogen-bond donors (Lipinski definition) is 0. The Hall–Kier alpha value is -1.06. The number of unbranched alkanes of at least 4 members (excludes halogenated alkanes) is 1. The Kier molecular flexibility index (Phi) is 18.8. The van der Waals surface area contributed by atoms with Crippen LogP contribution in [0.25, 0.3) is 0 Å². The third-order valence-corrected chi connectivity index (χ3v) is 16.3. The quantitative estimate of drug-likeness (QED) is 0.193. The number of halogens is 3. The van der Waals surface area contributed by atoms with Crippen LogP contribution in [0.1, 0.15) is 191 Å². The smallest absolute Gasteiger partial charge is 1.00 e. The Bertz CT molecular complexity index is 1560. The standard InChI is InChI=1S/C51H75Si.3ClH.Ti/c1-20-21-23-35-24-22-25-45(35)52(42-29-36(46(2,3)4)26-37(30-42)47(5,6)7,43-31-38(48(8,9)10)27-39(32-43)49(11,12)13)44-33-40(50(14,15)16)28-41(34-44)51(17,18)19;;;;/h22,26-34H,20-21,23,25H2,1-19H3;3*1H;/q-1;;;;+4/p-3. The van der Waals surface area contributed by atoms with Crippen molar-refractivity contribution in [3.63, 3.8) is 0 Å². The van der Waals surface area contributed by atoms with Crippen molar-refractivity contribution in [2.75, 3.05) is 0 Å².